The minimum absolute atomic E-state index is 0.530. The van der Waals surface area contributed by atoms with Crippen LogP contribution in [-0.2, 0) is 0 Å². The fourth-order valence-corrected chi connectivity index (χ4v) is 1.36. The van der Waals surface area contributed by atoms with Crippen molar-refractivity contribution in [3.8, 4) is 6.07 Å². The first-order valence-corrected chi connectivity index (χ1v) is 4.67. The summed E-state index contributed by atoms with van der Waals surface area (Å²) in [6.45, 7) is 0. The van der Waals surface area contributed by atoms with E-state index in [9.17, 15) is 0 Å². The van der Waals surface area contributed by atoms with Gasteiger partial charge in [0, 0.05) is 0 Å². The molecule has 0 aromatic carbocycles. The van der Waals surface area contributed by atoms with Crippen molar-refractivity contribution in [1.82, 2.24) is 4.98 Å². The van der Waals surface area contributed by atoms with E-state index in [-0.39, 0.29) is 0 Å². The van der Waals surface area contributed by atoms with Crippen LogP contribution in [0.25, 0.3) is 0 Å². The summed E-state index contributed by atoms with van der Waals surface area (Å²) in [5.74, 6) is 0. The van der Waals surface area contributed by atoms with Gasteiger partial charge in [0.25, 0.3) is 0 Å². The van der Waals surface area contributed by atoms with Crippen LogP contribution in [0.15, 0.2) is 22.3 Å². The maximum atomic E-state index is 8.68. The van der Waals surface area contributed by atoms with Gasteiger partial charge >= 0.3 is 0 Å². The molecule has 66 valence electrons. The van der Waals surface area contributed by atoms with Gasteiger partial charge in [-0.1, -0.05) is 5.16 Å². The number of nitriles is 1. The maximum Gasteiger partial charge on any atom is 0.114 e. The molecular weight excluding hydrogens is 186 g/mol. The molecule has 1 heterocycles. The van der Waals surface area contributed by atoms with E-state index in [4.69, 9.17) is 10.5 Å². The lowest BCUT2D eigenvalue weighted by Crippen LogP contribution is -1.92. The Hall–Kier alpha value is -1.54. The molecule has 0 amide bonds. The molecule has 1 rings (SSSR count). The molecule has 0 atom stereocenters. The largest absolute Gasteiger partial charge is 0.411 e. The summed E-state index contributed by atoms with van der Waals surface area (Å²) in [7, 11) is 0. The fourth-order valence-electron chi connectivity index (χ4n) is 0.826. The van der Waals surface area contributed by atoms with E-state index in [0.29, 0.717) is 16.3 Å². The van der Waals surface area contributed by atoms with Crippen molar-refractivity contribution in [1.29, 1.82) is 5.26 Å². The topological polar surface area (TPSA) is 69.3 Å². The zero-order chi connectivity index (χ0) is 9.68. The third kappa shape index (κ3) is 2.20. The zero-order valence-corrected chi connectivity index (χ0v) is 7.75. The Morgan fingerprint density at radius 1 is 1.69 bits per heavy atom. The highest BCUT2D eigenvalue weighted by Gasteiger charge is 2.02. The van der Waals surface area contributed by atoms with Gasteiger partial charge in [0.05, 0.1) is 17.5 Å². The summed E-state index contributed by atoms with van der Waals surface area (Å²) in [5, 5.41) is 20.4. The van der Waals surface area contributed by atoms with Crippen LogP contribution in [0, 0.1) is 11.3 Å². The summed E-state index contributed by atoms with van der Waals surface area (Å²) < 4.78 is 0. The van der Waals surface area contributed by atoms with Crippen LogP contribution in [0.5, 0.6) is 0 Å². The predicted octanol–water partition coefficient (Wildman–Crippen LogP) is 1.48. The molecule has 0 unspecified atom stereocenters. The van der Waals surface area contributed by atoms with Crippen LogP contribution in [-0.4, -0.2) is 22.7 Å². The van der Waals surface area contributed by atoms with Crippen molar-refractivity contribution in [2.45, 2.75) is 5.03 Å². The maximum absolute atomic E-state index is 8.68. The van der Waals surface area contributed by atoms with Gasteiger partial charge in [-0.05, 0) is 18.4 Å². The first-order chi connectivity index (χ1) is 6.31. The Morgan fingerprint density at radius 3 is 3.00 bits per heavy atom. The summed E-state index contributed by atoms with van der Waals surface area (Å²) in [6.07, 6.45) is 3.06. The highest BCUT2D eigenvalue weighted by Crippen LogP contribution is 2.16. The van der Waals surface area contributed by atoms with Crippen molar-refractivity contribution in [2.24, 2.45) is 5.16 Å². The van der Waals surface area contributed by atoms with Crippen LogP contribution in [0.4, 0.5) is 0 Å². The smallest absolute Gasteiger partial charge is 0.114 e. The number of aromatic nitrogens is 1. The molecule has 0 aliphatic carbocycles. The number of nitrogens with zero attached hydrogens (tertiary/aromatic N) is 3. The van der Waals surface area contributed by atoms with E-state index in [0.717, 1.165) is 0 Å². The minimum atomic E-state index is 0.530. The van der Waals surface area contributed by atoms with Gasteiger partial charge in [-0.3, -0.25) is 0 Å². The Morgan fingerprint density at radius 2 is 2.46 bits per heavy atom. The molecule has 0 spiro atoms. The van der Waals surface area contributed by atoms with Crippen molar-refractivity contribution in [2.75, 3.05) is 6.26 Å². The second-order valence-corrected chi connectivity index (χ2v) is 2.94. The van der Waals surface area contributed by atoms with Gasteiger partial charge in [-0.25, -0.2) is 4.98 Å². The second kappa shape index (κ2) is 4.48. The number of pyridine rings is 1. The molecular formula is C8H7N3OS. The van der Waals surface area contributed by atoms with Gasteiger partial charge in [-0.15, -0.1) is 11.8 Å². The second-order valence-electron chi connectivity index (χ2n) is 2.15. The van der Waals surface area contributed by atoms with E-state index < -0.39 is 0 Å². The molecule has 0 aliphatic rings. The Balaban J connectivity index is 3.14. The highest BCUT2D eigenvalue weighted by molar-refractivity contribution is 7.98. The molecule has 0 saturated heterocycles. The minimum Gasteiger partial charge on any atom is -0.411 e. The van der Waals surface area contributed by atoms with E-state index in [1.54, 1.807) is 12.1 Å². The number of hydrogen-bond acceptors (Lipinski definition) is 5. The summed E-state index contributed by atoms with van der Waals surface area (Å²) >= 11 is 1.38. The summed E-state index contributed by atoms with van der Waals surface area (Å²) in [4.78, 5) is 4.08. The van der Waals surface area contributed by atoms with Crippen molar-refractivity contribution in [3.05, 3.63) is 23.4 Å². The predicted molar refractivity (Wildman–Crippen MR) is 50.1 cm³/mol. The number of rotatable bonds is 2. The lowest BCUT2D eigenvalue weighted by Gasteiger charge is -1.98. The summed E-state index contributed by atoms with van der Waals surface area (Å²) in [6, 6.07) is 5.30. The van der Waals surface area contributed by atoms with Gasteiger partial charge in [-0.2, -0.15) is 5.26 Å². The fraction of sp³-hybridized carbons (Fsp3) is 0.125. The molecule has 0 bridgehead atoms. The van der Waals surface area contributed by atoms with Gasteiger partial charge in [0.1, 0.15) is 11.1 Å². The van der Waals surface area contributed by atoms with Gasteiger partial charge in [0.15, 0.2) is 0 Å². The van der Waals surface area contributed by atoms with Crippen LogP contribution < -0.4 is 0 Å². The molecule has 0 fully saturated rings. The lowest BCUT2D eigenvalue weighted by atomic mass is 10.3. The standard InChI is InChI=1S/C8H7N3OS/c1-13-8-6(4-9)2-3-7(11-8)5-10-12/h2-3,5,12H,1H3/b10-5+. The molecule has 0 aliphatic heterocycles. The van der Waals surface area contributed by atoms with Crippen LogP contribution >= 0.6 is 11.8 Å². The molecule has 5 heteroatoms. The normalized spacial score (nSPS) is 10.2. The van der Waals surface area contributed by atoms with E-state index >= 15 is 0 Å². The molecule has 1 aromatic heterocycles. The van der Waals surface area contributed by atoms with Crippen LogP contribution in [0.3, 0.4) is 0 Å². The van der Waals surface area contributed by atoms with Crippen molar-refractivity contribution in [3.63, 3.8) is 0 Å². The van der Waals surface area contributed by atoms with E-state index in [1.807, 2.05) is 12.3 Å². The summed E-state index contributed by atoms with van der Waals surface area (Å²) in [5.41, 5.74) is 1.06. The first kappa shape index (κ1) is 9.55. The molecule has 4 nitrogen and oxygen atoms in total. The zero-order valence-electron chi connectivity index (χ0n) is 6.93. The van der Waals surface area contributed by atoms with Gasteiger partial charge < -0.3 is 5.21 Å². The molecule has 0 saturated carbocycles. The van der Waals surface area contributed by atoms with E-state index in [1.165, 1.54) is 18.0 Å². The quantitative estimate of drug-likeness (QED) is 0.334. The third-order valence-corrected chi connectivity index (χ3v) is 2.08. The first-order valence-electron chi connectivity index (χ1n) is 3.44. The molecule has 1 aromatic rings. The molecule has 1 N–H and O–H groups in total. The van der Waals surface area contributed by atoms with Gasteiger partial charge in [0.2, 0.25) is 0 Å². The van der Waals surface area contributed by atoms with Crippen molar-refractivity contribution < 1.29 is 5.21 Å². The Bertz CT molecular complexity index is 370. The molecule has 13 heavy (non-hydrogen) atoms. The SMILES string of the molecule is CSc1nc(/C=N/O)ccc1C#N. The van der Waals surface area contributed by atoms with Crippen LogP contribution in [0.2, 0.25) is 0 Å². The van der Waals surface area contributed by atoms with Crippen LogP contribution in [0.1, 0.15) is 11.3 Å². The van der Waals surface area contributed by atoms with E-state index in [2.05, 4.69) is 10.1 Å². The third-order valence-electron chi connectivity index (χ3n) is 1.39. The number of oxime groups is 1. The Labute approximate surface area is 79.9 Å². The average Bonchev–Trinajstić information content (AvgIpc) is 2.18. The Kier molecular flexibility index (Phi) is 3.29. The monoisotopic (exact) mass is 193 g/mol. The molecule has 0 radical (unpaired) electrons. The average molecular weight is 193 g/mol. The lowest BCUT2D eigenvalue weighted by molar-refractivity contribution is 0.321. The number of thioether (sulfide) groups is 1. The number of hydrogen-bond donors (Lipinski definition) is 1. The van der Waals surface area contributed by atoms with Crippen molar-refractivity contribution >= 4 is 18.0 Å². The highest BCUT2D eigenvalue weighted by atomic mass is 32.2.